The van der Waals surface area contributed by atoms with Gasteiger partial charge in [-0.1, -0.05) is 0 Å². The first-order valence-electron chi connectivity index (χ1n) is 5.74. The third kappa shape index (κ3) is 2.82. The smallest absolute Gasteiger partial charge is 0.240 e. The molecule has 1 aromatic rings. The molecule has 1 saturated carbocycles. The molecule has 5 nitrogen and oxygen atoms in total. The number of hydrogen-bond donors (Lipinski definition) is 2. The summed E-state index contributed by atoms with van der Waals surface area (Å²) in [6.07, 6.45) is 9.18. The Morgan fingerprint density at radius 3 is 2.94 bits per heavy atom. The van der Waals surface area contributed by atoms with Gasteiger partial charge in [-0.05, 0) is 25.7 Å². The Morgan fingerprint density at radius 1 is 1.50 bits per heavy atom. The maximum absolute atomic E-state index is 11.5. The van der Waals surface area contributed by atoms with E-state index in [1.54, 1.807) is 12.5 Å². The number of nitrogens with one attached hydrogen (secondary N) is 1. The van der Waals surface area contributed by atoms with Crippen LogP contribution >= 0.6 is 0 Å². The molecule has 88 valence electrons. The van der Waals surface area contributed by atoms with Crippen molar-refractivity contribution in [1.29, 1.82) is 0 Å². The second kappa shape index (κ2) is 4.65. The summed E-state index contributed by atoms with van der Waals surface area (Å²) in [7, 11) is 0. The molecule has 0 radical (unpaired) electrons. The summed E-state index contributed by atoms with van der Waals surface area (Å²) in [5, 5.41) is 2.88. The van der Waals surface area contributed by atoms with Gasteiger partial charge in [0.15, 0.2) is 0 Å². The molecular weight excluding hydrogens is 204 g/mol. The van der Waals surface area contributed by atoms with Crippen molar-refractivity contribution < 1.29 is 4.79 Å². The minimum atomic E-state index is -0.537. The highest BCUT2D eigenvalue weighted by atomic mass is 16.2. The SMILES string of the molecule is NC1(C(=O)NCCCCn2ccnc2)CC1. The molecule has 0 spiro atoms. The van der Waals surface area contributed by atoms with E-state index in [1.807, 2.05) is 10.8 Å². The molecule has 0 saturated heterocycles. The Labute approximate surface area is 95.0 Å². The van der Waals surface area contributed by atoms with Crippen LogP contribution in [0.15, 0.2) is 18.7 Å². The van der Waals surface area contributed by atoms with Crippen LogP contribution in [-0.4, -0.2) is 27.5 Å². The predicted molar refractivity (Wildman–Crippen MR) is 60.6 cm³/mol. The molecule has 1 fully saturated rings. The Bertz CT molecular complexity index is 343. The van der Waals surface area contributed by atoms with Crippen molar-refractivity contribution in [1.82, 2.24) is 14.9 Å². The van der Waals surface area contributed by atoms with Gasteiger partial charge in [0.25, 0.3) is 0 Å². The molecule has 1 aromatic heterocycles. The topological polar surface area (TPSA) is 72.9 Å². The fourth-order valence-corrected chi connectivity index (χ4v) is 1.58. The van der Waals surface area contributed by atoms with Crippen LogP contribution in [-0.2, 0) is 11.3 Å². The van der Waals surface area contributed by atoms with Crippen molar-refractivity contribution in [3.8, 4) is 0 Å². The molecule has 1 aliphatic carbocycles. The number of amides is 1. The summed E-state index contributed by atoms with van der Waals surface area (Å²) < 4.78 is 2.03. The van der Waals surface area contributed by atoms with Crippen LogP contribution in [0.5, 0.6) is 0 Å². The zero-order valence-electron chi connectivity index (χ0n) is 9.35. The van der Waals surface area contributed by atoms with E-state index >= 15 is 0 Å². The summed E-state index contributed by atoms with van der Waals surface area (Å²) >= 11 is 0. The molecule has 3 N–H and O–H groups in total. The lowest BCUT2D eigenvalue weighted by molar-refractivity contribution is -0.123. The number of rotatable bonds is 6. The van der Waals surface area contributed by atoms with Gasteiger partial charge in [-0.15, -0.1) is 0 Å². The highest BCUT2D eigenvalue weighted by molar-refractivity contribution is 5.88. The van der Waals surface area contributed by atoms with Gasteiger partial charge in [0.1, 0.15) is 0 Å². The second-order valence-electron chi connectivity index (χ2n) is 4.42. The lowest BCUT2D eigenvalue weighted by Crippen LogP contribution is -2.43. The van der Waals surface area contributed by atoms with Gasteiger partial charge in [-0.3, -0.25) is 4.79 Å². The van der Waals surface area contributed by atoms with Crippen LogP contribution < -0.4 is 11.1 Å². The van der Waals surface area contributed by atoms with Gasteiger partial charge < -0.3 is 15.6 Å². The lowest BCUT2D eigenvalue weighted by Gasteiger charge is -2.09. The number of carbonyl (C=O) groups is 1. The first kappa shape index (κ1) is 11.1. The lowest BCUT2D eigenvalue weighted by atomic mass is 10.2. The van der Waals surface area contributed by atoms with Crippen LogP contribution in [0.25, 0.3) is 0 Å². The number of hydrogen-bond acceptors (Lipinski definition) is 3. The number of unbranched alkanes of at least 4 members (excludes halogenated alkanes) is 1. The van der Waals surface area contributed by atoms with E-state index in [1.165, 1.54) is 0 Å². The fraction of sp³-hybridized carbons (Fsp3) is 0.636. The van der Waals surface area contributed by atoms with Crippen molar-refractivity contribution in [3.63, 3.8) is 0 Å². The molecule has 1 aliphatic rings. The largest absolute Gasteiger partial charge is 0.355 e. The molecule has 5 heteroatoms. The molecule has 1 amide bonds. The maximum atomic E-state index is 11.5. The summed E-state index contributed by atoms with van der Waals surface area (Å²) in [4.78, 5) is 15.4. The van der Waals surface area contributed by atoms with E-state index in [-0.39, 0.29) is 5.91 Å². The monoisotopic (exact) mass is 222 g/mol. The summed E-state index contributed by atoms with van der Waals surface area (Å²) in [5.41, 5.74) is 5.22. The van der Waals surface area contributed by atoms with Crippen LogP contribution in [0.3, 0.4) is 0 Å². The number of aromatic nitrogens is 2. The van der Waals surface area contributed by atoms with E-state index in [9.17, 15) is 4.79 Å². The summed E-state index contributed by atoms with van der Waals surface area (Å²) in [5.74, 6) is 0.00938. The van der Waals surface area contributed by atoms with Crippen LogP contribution in [0, 0.1) is 0 Å². The Balaban J connectivity index is 1.54. The van der Waals surface area contributed by atoms with Crippen LogP contribution in [0.2, 0.25) is 0 Å². The average molecular weight is 222 g/mol. The first-order valence-corrected chi connectivity index (χ1v) is 5.74. The number of carbonyl (C=O) groups excluding carboxylic acids is 1. The quantitative estimate of drug-likeness (QED) is 0.679. The normalized spacial score (nSPS) is 17.1. The molecule has 0 aliphatic heterocycles. The summed E-state index contributed by atoms with van der Waals surface area (Å²) in [6.45, 7) is 1.66. The molecular formula is C11H18N4O. The third-order valence-electron chi connectivity index (χ3n) is 2.93. The predicted octanol–water partition coefficient (Wildman–Crippen LogP) is 0.271. The number of imidazole rings is 1. The van der Waals surface area contributed by atoms with E-state index in [0.717, 1.165) is 32.2 Å². The Morgan fingerprint density at radius 2 is 2.31 bits per heavy atom. The standard InChI is InChI=1S/C11H18N4O/c12-11(3-4-11)10(16)14-5-1-2-7-15-8-6-13-9-15/h6,8-9H,1-5,7,12H2,(H,14,16). The molecule has 0 atom stereocenters. The molecule has 0 bridgehead atoms. The summed E-state index contributed by atoms with van der Waals surface area (Å²) in [6, 6.07) is 0. The maximum Gasteiger partial charge on any atom is 0.240 e. The zero-order valence-corrected chi connectivity index (χ0v) is 9.35. The molecule has 0 aromatic carbocycles. The average Bonchev–Trinajstić information content (AvgIpc) is 2.81. The number of nitrogens with two attached hydrogens (primary N) is 1. The zero-order chi connectivity index (χ0) is 11.4. The van der Waals surface area contributed by atoms with E-state index in [4.69, 9.17) is 5.73 Å². The van der Waals surface area contributed by atoms with E-state index < -0.39 is 5.54 Å². The first-order chi connectivity index (χ1) is 7.71. The highest BCUT2D eigenvalue weighted by Gasteiger charge is 2.45. The highest BCUT2D eigenvalue weighted by Crippen LogP contribution is 2.31. The minimum Gasteiger partial charge on any atom is -0.355 e. The van der Waals surface area contributed by atoms with E-state index in [2.05, 4.69) is 10.3 Å². The van der Waals surface area contributed by atoms with Crippen molar-refractivity contribution in [2.45, 2.75) is 37.8 Å². The number of nitrogens with zero attached hydrogens (tertiary/aromatic N) is 2. The number of aryl methyl sites for hydroxylation is 1. The third-order valence-corrected chi connectivity index (χ3v) is 2.93. The van der Waals surface area contributed by atoms with Gasteiger partial charge in [0.05, 0.1) is 11.9 Å². The second-order valence-corrected chi connectivity index (χ2v) is 4.42. The van der Waals surface area contributed by atoms with Gasteiger partial charge in [-0.25, -0.2) is 4.98 Å². The Kier molecular flexibility index (Phi) is 3.24. The van der Waals surface area contributed by atoms with Crippen molar-refractivity contribution in [2.24, 2.45) is 5.73 Å². The molecule has 2 rings (SSSR count). The van der Waals surface area contributed by atoms with Gasteiger partial charge in [0, 0.05) is 25.5 Å². The van der Waals surface area contributed by atoms with E-state index in [0.29, 0.717) is 6.54 Å². The molecule has 0 unspecified atom stereocenters. The van der Waals surface area contributed by atoms with Gasteiger partial charge >= 0.3 is 0 Å². The fourth-order valence-electron chi connectivity index (χ4n) is 1.58. The van der Waals surface area contributed by atoms with Crippen LogP contribution in [0.1, 0.15) is 25.7 Å². The minimum absolute atomic E-state index is 0.00938. The van der Waals surface area contributed by atoms with Crippen LogP contribution in [0.4, 0.5) is 0 Å². The van der Waals surface area contributed by atoms with Crippen molar-refractivity contribution >= 4 is 5.91 Å². The molecule has 1 heterocycles. The van der Waals surface area contributed by atoms with Crippen molar-refractivity contribution in [2.75, 3.05) is 6.54 Å². The van der Waals surface area contributed by atoms with Crippen molar-refractivity contribution in [3.05, 3.63) is 18.7 Å². The van der Waals surface area contributed by atoms with Gasteiger partial charge in [0.2, 0.25) is 5.91 Å². The Hall–Kier alpha value is -1.36. The molecule has 16 heavy (non-hydrogen) atoms. The van der Waals surface area contributed by atoms with Gasteiger partial charge in [-0.2, -0.15) is 0 Å².